The predicted molar refractivity (Wildman–Crippen MR) is 111 cm³/mol. The number of halogens is 3. The molecule has 0 fully saturated rings. The maximum atomic E-state index is 12.9. The van der Waals surface area contributed by atoms with Gasteiger partial charge in [0, 0.05) is 17.8 Å². The summed E-state index contributed by atoms with van der Waals surface area (Å²) in [6.07, 6.45) is -4.79. The molecule has 1 atom stereocenters. The zero-order valence-corrected chi connectivity index (χ0v) is 16.3. The van der Waals surface area contributed by atoms with Gasteiger partial charge in [0.1, 0.15) is 5.82 Å². The molecule has 2 aromatic carbocycles. The van der Waals surface area contributed by atoms with Crippen molar-refractivity contribution in [3.05, 3.63) is 76.1 Å². The third-order valence-corrected chi connectivity index (χ3v) is 4.76. The van der Waals surface area contributed by atoms with Crippen molar-refractivity contribution < 1.29 is 22.8 Å². The summed E-state index contributed by atoms with van der Waals surface area (Å²) < 4.78 is 38.8. The van der Waals surface area contributed by atoms with Crippen molar-refractivity contribution in [2.45, 2.75) is 18.5 Å². The molecule has 1 aliphatic rings. The summed E-state index contributed by atoms with van der Waals surface area (Å²) in [5.74, 6) is -2.48. The van der Waals surface area contributed by atoms with Crippen molar-refractivity contribution in [3.63, 3.8) is 0 Å². The molecule has 4 N–H and O–H groups in total. The van der Waals surface area contributed by atoms with Crippen LogP contribution in [0.2, 0.25) is 0 Å². The molecule has 1 unspecified atom stereocenters. The third-order valence-electron chi connectivity index (χ3n) is 4.76. The van der Waals surface area contributed by atoms with E-state index in [1.807, 2.05) is 0 Å². The second-order valence-electron chi connectivity index (χ2n) is 7.04. The Kier molecular flexibility index (Phi) is 5.39. The molecule has 1 aromatic heterocycles. The second kappa shape index (κ2) is 8.17. The molecule has 2 heterocycles. The normalized spacial score (nSPS) is 15.5. The van der Waals surface area contributed by atoms with Gasteiger partial charge in [-0.2, -0.15) is 18.2 Å². The smallest absolute Gasteiger partial charge is 0.326 e. The van der Waals surface area contributed by atoms with E-state index < -0.39 is 35.0 Å². The molecule has 32 heavy (non-hydrogen) atoms. The van der Waals surface area contributed by atoms with Crippen LogP contribution in [0.1, 0.15) is 23.5 Å². The molecule has 11 heteroatoms. The van der Waals surface area contributed by atoms with Crippen molar-refractivity contribution in [2.24, 2.45) is 0 Å². The highest BCUT2D eigenvalue weighted by molar-refractivity contribution is 6.04. The number of carbonyl (C=O) groups excluding carboxylic acids is 2. The van der Waals surface area contributed by atoms with Crippen LogP contribution in [0.25, 0.3) is 0 Å². The SMILES string of the molecule is O=C1CC(C(=O)Nc2ccccc2)c2c(nc(Nc3cccc(C(F)(F)F)c3)[nH]c2=O)N1. The van der Waals surface area contributed by atoms with Crippen LogP contribution in [0, 0.1) is 0 Å². The van der Waals surface area contributed by atoms with Crippen LogP contribution in [0.5, 0.6) is 0 Å². The van der Waals surface area contributed by atoms with Crippen molar-refractivity contribution in [2.75, 3.05) is 16.0 Å². The lowest BCUT2D eigenvalue weighted by molar-refractivity contribution is -0.137. The van der Waals surface area contributed by atoms with Gasteiger partial charge in [0.25, 0.3) is 5.56 Å². The van der Waals surface area contributed by atoms with Gasteiger partial charge in [-0.3, -0.25) is 19.4 Å². The fraction of sp³-hybridized carbons (Fsp3) is 0.143. The number of fused-ring (bicyclic) bond motifs is 1. The standard InChI is InChI=1S/C21H16F3N5O3/c22-21(23,24)11-5-4-8-13(9-11)26-20-28-17-16(19(32)29-20)14(10-15(30)27-17)18(31)25-12-6-2-1-3-7-12/h1-9,14H,10H2,(H,25,31)(H3,26,27,28,29,30,32). The molecule has 1 aliphatic heterocycles. The number of benzene rings is 2. The topological polar surface area (TPSA) is 116 Å². The lowest BCUT2D eigenvalue weighted by Crippen LogP contribution is -2.36. The Morgan fingerprint density at radius 2 is 1.75 bits per heavy atom. The van der Waals surface area contributed by atoms with Gasteiger partial charge in [-0.25, -0.2) is 0 Å². The summed E-state index contributed by atoms with van der Waals surface area (Å²) in [5, 5.41) is 7.68. The zero-order valence-electron chi connectivity index (χ0n) is 16.3. The largest absolute Gasteiger partial charge is 0.416 e. The second-order valence-corrected chi connectivity index (χ2v) is 7.04. The summed E-state index contributed by atoms with van der Waals surface area (Å²) >= 11 is 0. The van der Waals surface area contributed by atoms with E-state index in [0.29, 0.717) is 5.69 Å². The molecule has 0 saturated heterocycles. The lowest BCUT2D eigenvalue weighted by Gasteiger charge is -2.23. The molecular formula is C21H16F3N5O3. The van der Waals surface area contributed by atoms with Crippen molar-refractivity contribution in [3.8, 4) is 0 Å². The van der Waals surface area contributed by atoms with Crippen LogP contribution in [-0.4, -0.2) is 21.8 Å². The van der Waals surface area contributed by atoms with Gasteiger partial charge in [0.2, 0.25) is 17.8 Å². The van der Waals surface area contributed by atoms with Crippen LogP contribution in [0.4, 0.5) is 36.3 Å². The monoisotopic (exact) mass is 443 g/mol. The van der Waals surface area contributed by atoms with Crippen LogP contribution in [0.15, 0.2) is 59.4 Å². The number of nitrogens with one attached hydrogen (secondary N) is 4. The van der Waals surface area contributed by atoms with Crippen LogP contribution >= 0.6 is 0 Å². The van der Waals surface area contributed by atoms with E-state index >= 15 is 0 Å². The fourth-order valence-electron chi connectivity index (χ4n) is 3.32. The quantitative estimate of drug-likeness (QED) is 0.492. The van der Waals surface area contributed by atoms with Gasteiger partial charge in [-0.05, 0) is 30.3 Å². The van der Waals surface area contributed by atoms with Crippen LogP contribution < -0.4 is 21.5 Å². The molecule has 164 valence electrons. The first-order valence-corrected chi connectivity index (χ1v) is 9.45. The summed E-state index contributed by atoms with van der Waals surface area (Å²) in [5.41, 5.74) is -1.08. The Labute approximate surface area is 178 Å². The number of para-hydroxylation sites is 1. The third kappa shape index (κ3) is 4.46. The van der Waals surface area contributed by atoms with E-state index in [-0.39, 0.29) is 29.4 Å². The highest BCUT2D eigenvalue weighted by Crippen LogP contribution is 2.32. The Morgan fingerprint density at radius 3 is 2.47 bits per heavy atom. The molecule has 4 rings (SSSR count). The average molecular weight is 443 g/mol. The van der Waals surface area contributed by atoms with Crippen LogP contribution in [0.3, 0.4) is 0 Å². The van der Waals surface area contributed by atoms with E-state index in [0.717, 1.165) is 12.1 Å². The Bertz CT molecular complexity index is 1240. The van der Waals surface area contributed by atoms with E-state index in [1.54, 1.807) is 30.3 Å². The minimum Gasteiger partial charge on any atom is -0.326 e. The first-order valence-electron chi connectivity index (χ1n) is 9.45. The molecule has 3 aromatic rings. The van der Waals surface area contributed by atoms with E-state index in [2.05, 4.69) is 25.9 Å². The minimum absolute atomic E-state index is 0.0310. The number of nitrogens with zero attached hydrogens (tertiary/aromatic N) is 1. The number of alkyl halides is 3. The van der Waals surface area contributed by atoms with E-state index in [1.165, 1.54) is 12.1 Å². The van der Waals surface area contributed by atoms with Crippen molar-refractivity contribution in [1.29, 1.82) is 0 Å². The number of rotatable bonds is 4. The Hall–Kier alpha value is -4.15. The number of amides is 2. The van der Waals surface area contributed by atoms with Gasteiger partial charge in [0.05, 0.1) is 17.0 Å². The predicted octanol–water partition coefficient (Wildman–Crippen LogP) is 3.60. The fourth-order valence-corrected chi connectivity index (χ4v) is 3.32. The number of anilines is 4. The van der Waals surface area contributed by atoms with E-state index in [4.69, 9.17) is 0 Å². The Morgan fingerprint density at radius 1 is 1.03 bits per heavy atom. The highest BCUT2D eigenvalue weighted by atomic mass is 19.4. The average Bonchev–Trinajstić information content (AvgIpc) is 2.73. The molecule has 8 nitrogen and oxygen atoms in total. The van der Waals surface area contributed by atoms with Crippen molar-refractivity contribution in [1.82, 2.24) is 9.97 Å². The van der Waals surface area contributed by atoms with Gasteiger partial charge in [-0.15, -0.1) is 0 Å². The maximum absolute atomic E-state index is 12.9. The zero-order chi connectivity index (χ0) is 22.9. The maximum Gasteiger partial charge on any atom is 0.416 e. The molecule has 0 aliphatic carbocycles. The van der Waals surface area contributed by atoms with Gasteiger partial charge < -0.3 is 16.0 Å². The highest BCUT2D eigenvalue weighted by Gasteiger charge is 2.35. The van der Waals surface area contributed by atoms with Gasteiger partial charge in [-0.1, -0.05) is 24.3 Å². The Balaban J connectivity index is 1.63. The molecule has 0 radical (unpaired) electrons. The van der Waals surface area contributed by atoms with Gasteiger partial charge in [0.15, 0.2) is 0 Å². The summed E-state index contributed by atoms with van der Waals surface area (Å²) in [7, 11) is 0. The molecular weight excluding hydrogens is 427 g/mol. The summed E-state index contributed by atoms with van der Waals surface area (Å²) in [4.78, 5) is 44.1. The summed E-state index contributed by atoms with van der Waals surface area (Å²) in [6.45, 7) is 0. The number of hydrogen-bond acceptors (Lipinski definition) is 5. The number of aromatic nitrogens is 2. The van der Waals surface area contributed by atoms with Crippen LogP contribution in [-0.2, 0) is 15.8 Å². The first-order chi connectivity index (χ1) is 15.2. The molecule has 2 amide bonds. The summed E-state index contributed by atoms with van der Waals surface area (Å²) in [6, 6.07) is 12.9. The molecule has 0 bridgehead atoms. The first kappa shape index (κ1) is 21.1. The molecule has 0 spiro atoms. The molecule has 0 saturated carbocycles. The number of H-pyrrole nitrogens is 1. The van der Waals surface area contributed by atoms with Crippen molar-refractivity contribution >= 4 is 35.0 Å². The number of carbonyl (C=O) groups is 2. The van der Waals surface area contributed by atoms with Gasteiger partial charge >= 0.3 is 6.18 Å². The lowest BCUT2D eigenvalue weighted by atomic mass is 9.92. The minimum atomic E-state index is -4.54. The number of aromatic amines is 1. The number of hydrogen-bond donors (Lipinski definition) is 4. The van der Waals surface area contributed by atoms with E-state index in [9.17, 15) is 27.6 Å².